The van der Waals surface area contributed by atoms with Gasteiger partial charge in [0.05, 0.1) is 4.91 Å². The van der Waals surface area contributed by atoms with E-state index in [2.05, 4.69) is 0 Å². The van der Waals surface area contributed by atoms with E-state index in [-0.39, 0.29) is 4.91 Å². The smallest absolute Gasteiger partial charge is 0.282 e. The molecular formula is C7H12O3S. The average Bonchev–Trinajstić information content (AvgIpc) is 1.79. The fraction of sp³-hybridized carbons (Fsp3) is 0.429. The Morgan fingerprint density at radius 3 is 1.91 bits per heavy atom. The third-order valence-electron chi connectivity index (χ3n) is 1.09. The summed E-state index contributed by atoms with van der Waals surface area (Å²) in [6.45, 7) is 4.94. The number of allylic oxidation sites excluding steroid dienone is 3. The first kappa shape index (κ1) is 10.4. The van der Waals surface area contributed by atoms with Crippen molar-refractivity contribution in [3.05, 3.63) is 22.6 Å². The highest BCUT2D eigenvalue weighted by Gasteiger charge is 2.10. The summed E-state index contributed by atoms with van der Waals surface area (Å²) in [4.78, 5) is -0.0278. The van der Waals surface area contributed by atoms with E-state index in [1.807, 2.05) is 0 Å². The van der Waals surface area contributed by atoms with Crippen molar-refractivity contribution in [1.82, 2.24) is 0 Å². The van der Waals surface area contributed by atoms with Crippen molar-refractivity contribution in [3.8, 4) is 0 Å². The molecule has 0 amide bonds. The molecule has 0 aromatic heterocycles. The second-order valence-corrected chi connectivity index (χ2v) is 3.73. The van der Waals surface area contributed by atoms with Gasteiger partial charge in [0.2, 0.25) is 0 Å². The molecule has 0 aromatic rings. The van der Waals surface area contributed by atoms with Gasteiger partial charge in [-0.2, -0.15) is 8.42 Å². The normalized spacial score (nSPS) is 12.0. The molecule has 0 heterocycles. The Bertz CT molecular complexity index is 279. The molecule has 0 radical (unpaired) electrons. The molecule has 0 fully saturated rings. The molecule has 0 aliphatic heterocycles. The Balaban J connectivity index is 5.14. The van der Waals surface area contributed by atoms with Crippen LogP contribution >= 0.6 is 0 Å². The predicted molar refractivity (Wildman–Crippen MR) is 44.7 cm³/mol. The van der Waals surface area contributed by atoms with Crippen molar-refractivity contribution in [2.45, 2.75) is 20.8 Å². The number of rotatable bonds is 2. The molecule has 0 aromatic carbocycles. The summed E-state index contributed by atoms with van der Waals surface area (Å²) < 4.78 is 29.9. The topological polar surface area (TPSA) is 54.4 Å². The maximum absolute atomic E-state index is 10.6. The lowest BCUT2D eigenvalue weighted by Crippen LogP contribution is -2.00. The van der Waals surface area contributed by atoms with Crippen molar-refractivity contribution < 1.29 is 13.0 Å². The van der Waals surface area contributed by atoms with Crippen molar-refractivity contribution in [2.24, 2.45) is 0 Å². The lowest BCUT2D eigenvalue weighted by Gasteiger charge is -1.98. The van der Waals surface area contributed by atoms with Gasteiger partial charge in [0.1, 0.15) is 0 Å². The molecule has 64 valence electrons. The Morgan fingerprint density at radius 1 is 1.36 bits per heavy atom. The highest BCUT2D eigenvalue weighted by atomic mass is 32.2. The van der Waals surface area contributed by atoms with Crippen LogP contribution < -0.4 is 0 Å². The van der Waals surface area contributed by atoms with Crippen LogP contribution in [-0.2, 0) is 10.1 Å². The SMILES string of the molecule is CC=CC(=C(C)C)S(=O)(=O)O. The molecule has 11 heavy (non-hydrogen) atoms. The minimum Gasteiger partial charge on any atom is -0.282 e. The third kappa shape index (κ3) is 3.34. The summed E-state index contributed by atoms with van der Waals surface area (Å²) in [5.74, 6) is 0. The number of hydrogen-bond acceptors (Lipinski definition) is 2. The van der Waals surface area contributed by atoms with Crippen LogP contribution in [0, 0.1) is 0 Å². The first-order chi connectivity index (χ1) is 4.89. The zero-order chi connectivity index (χ0) is 9.07. The molecule has 0 saturated carbocycles. The summed E-state index contributed by atoms with van der Waals surface area (Å²) in [7, 11) is -4.03. The van der Waals surface area contributed by atoms with E-state index >= 15 is 0 Å². The summed E-state index contributed by atoms with van der Waals surface area (Å²) >= 11 is 0. The Labute approximate surface area is 67.2 Å². The van der Waals surface area contributed by atoms with Gasteiger partial charge in [0.15, 0.2) is 0 Å². The molecule has 0 bridgehead atoms. The summed E-state index contributed by atoms with van der Waals surface area (Å²) in [6, 6.07) is 0. The van der Waals surface area contributed by atoms with E-state index in [9.17, 15) is 8.42 Å². The highest BCUT2D eigenvalue weighted by molar-refractivity contribution is 7.90. The van der Waals surface area contributed by atoms with Crippen LogP contribution in [0.2, 0.25) is 0 Å². The second kappa shape index (κ2) is 3.69. The van der Waals surface area contributed by atoms with Crippen molar-refractivity contribution in [2.75, 3.05) is 0 Å². The summed E-state index contributed by atoms with van der Waals surface area (Å²) in [5.41, 5.74) is 0.575. The Hall–Kier alpha value is -0.610. The maximum Gasteiger partial charge on any atom is 0.294 e. The van der Waals surface area contributed by atoms with Crippen molar-refractivity contribution in [3.63, 3.8) is 0 Å². The van der Waals surface area contributed by atoms with E-state index < -0.39 is 10.1 Å². The van der Waals surface area contributed by atoms with Gasteiger partial charge in [-0.25, -0.2) is 0 Å². The molecular weight excluding hydrogens is 164 g/mol. The lowest BCUT2D eigenvalue weighted by molar-refractivity contribution is 0.491. The molecule has 0 aliphatic rings. The van der Waals surface area contributed by atoms with Crippen molar-refractivity contribution >= 4 is 10.1 Å². The predicted octanol–water partition coefficient (Wildman–Crippen LogP) is 1.74. The Morgan fingerprint density at radius 2 is 1.82 bits per heavy atom. The van der Waals surface area contributed by atoms with E-state index in [0.29, 0.717) is 5.57 Å². The Kier molecular flexibility index (Phi) is 3.48. The molecule has 3 nitrogen and oxygen atoms in total. The van der Waals surface area contributed by atoms with Crippen LogP contribution in [0.25, 0.3) is 0 Å². The van der Waals surface area contributed by atoms with Crippen LogP contribution in [0.4, 0.5) is 0 Å². The van der Waals surface area contributed by atoms with Gasteiger partial charge in [0, 0.05) is 0 Å². The number of hydrogen-bond donors (Lipinski definition) is 1. The van der Waals surface area contributed by atoms with Gasteiger partial charge < -0.3 is 0 Å². The van der Waals surface area contributed by atoms with Gasteiger partial charge >= 0.3 is 0 Å². The van der Waals surface area contributed by atoms with Crippen LogP contribution in [0.1, 0.15) is 20.8 Å². The molecule has 0 aliphatic carbocycles. The molecule has 4 heteroatoms. The van der Waals surface area contributed by atoms with Gasteiger partial charge in [-0.1, -0.05) is 11.6 Å². The van der Waals surface area contributed by atoms with E-state index in [4.69, 9.17) is 4.55 Å². The largest absolute Gasteiger partial charge is 0.294 e. The van der Waals surface area contributed by atoms with Crippen LogP contribution in [-0.4, -0.2) is 13.0 Å². The average molecular weight is 176 g/mol. The fourth-order valence-electron chi connectivity index (χ4n) is 0.662. The first-order valence-electron chi connectivity index (χ1n) is 3.17. The molecule has 0 atom stereocenters. The lowest BCUT2D eigenvalue weighted by atomic mass is 10.3. The van der Waals surface area contributed by atoms with Crippen LogP contribution in [0.5, 0.6) is 0 Å². The minimum atomic E-state index is -4.03. The molecule has 0 saturated heterocycles. The van der Waals surface area contributed by atoms with Gasteiger partial charge in [-0.3, -0.25) is 4.55 Å². The summed E-state index contributed by atoms with van der Waals surface area (Å²) in [5, 5.41) is 0. The first-order valence-corrected chi connectivity index (χ1v) is 4.61. The standard InChI is InChI=1S/C7H12O3S/c1-4-5-7(6(2)3)11(8,9)10/h4-5H,1-3H3,(H,8,9,10). The molecule has 0 spiro atoms. The minimum absolute atomic E-state index is 0.0278. The fourth-order valence-corrected chi connectivity index (χ4v) is 1.49. The molecule has 1 N–H and O–H groups in total. The van der Waals surface area contributed by atoms with Crippen LogP contribution in [0.15, 0.2) is 22.6 Å². The van der Waals surface area contributed by atoms with Gasteiger partial charge in [-0.15, -0.1) is 0 Å². The van der Waals surface area contributed by atoms with Crippen LogP contribution in [0.3, 0.4) is 0 Å². The van der Waals surface area contributed by atoms with E-state index in [0.717, 1.165) is 0 Å². The zero-order valence-electron chi connectivity index (χ0n) is 6.83. The summed E-state index contributed by atoms with van der Waals surface area (Å²) in [6.07, 6.45) is 2.93. The van der Waals surface area contributed by atoms with E-state index in [1.165, 1.54) is 6.08 Å². The maximum atomic E-state index is 10.6. The third-order valence-corrected chi connectivity index (χ3v) is 2.19. The highest BCUT2D eigenvalue weighted by Crippen LogP contribution is 2.11. The monoisotopic (exact) mass is 176 g/mol. The van der Waals surface area contributed by atoms with Gasteiger partial charge in [-0.05, 0) is 26.8 Å². The van der Waals surface area contributed by atoms with Crippen molar-refractivity contribution in [1.29, 1.82) is 0 Å². The molecule has 0 unspecified atom stereocenters. The quantitative estimate of drug-likeness (QED) is 0.515. The molecule has 0 rings (SSSR count). The van der Waals surface area contributed by atoms with Gasteiger partial charge in [0.25, 0.3) is 10.1 Å². The second-order valence-electron chi connectivity index (χ2n) is 2.34. The zero-order valence-corrected chi connectivity index (χ0v) is 7.64. The van der Waals surface area contributed by atoms with E-state index in [1.54, 1.807) is 26.8 Å².